The molecule has 0 bridgehead atoms. The van der Waals surface area contributed by atoms with Crippen molar-refractivity contribution in [3.05, 3.63) is 40.0 Å². The Morgan fingerprint density at radius 2 is 1.58 bits per heavy atom. The third-order valence-corrected chi connectivity index (χ3v) is 2.81. The summed E-state index contributed by atoms with van der Waals surface area (Å²) in [5, 5.41) is -0.0715. The molecule has 102 valence electrons. The van der Waals surface area contributed by atoms with Gasteiger partial charge in [-0.1, -0.05) is 24.4 Å². The molecule has 1 aromatic carbocycles. The smallest absolute Gasteiger partial charge is 0.350 e. The molecule has 0 radical (unpaired) electrons. The Hall–Kier alpha value is -1.57. The van der Waals surface area contributed by atoms with Gasteiger partial charge in [0.15, 0.2) is 0 Å². The fourth-order valence-electron chi connectivity index (χ4n) is 1.66. The SMILES string of the molecule is FC(F)(F)c1cc(=S)c2cccc(C(F)(F)F)c2[nH]1. The zero-order chi connectivity index (χ0) is 14.4. The zero-order valence-electron chi connectivity index (χ0n) is 8.99. The molecule has 0 amide bonds. The summed E-state index contributed by atoms with van der Waals surface area (Å²) in [6, 6.07) is 3.65. The predicted molar refractivity (Wildman–Crippen MR) is 59.1 cm³/mol. The first kappa shape index (κ1) is 13.9. The van der Waals surface area contributed by atoms with Crippen LogP contribution in [0.2, 0.25) is 0 Å². The Kier molecular flexibility index (Phi) is 3.08. The Balaban J connectivity index is 2.89. The van der Waals surface area contributed by atoms with Gasteiger partial charge < -0.3 is 4.98 Å². The van der Waals surface area contributed by atoms with Crippen molar-refractivity contribution in [2.45, 2.75) is 12.4 Å². The minimum absolute atomic E-state index is 0.0715. The van der Waals surface area contributed by atoms with E-state index in [0.29, 0.717) is 12.1 Å². The number of aromatic amines is 1. The number of alkyl halides is 6. The van der Waals surface area contributed by atoms with Gasteiger partial charge in [-0.05, 0) is 12.1 Å². The van der Waals surface area contributed by atoms with E-state index in [9.17, 15) is 26.3 Å². The van der Waals surface area contributed by atoms with E-state index in [2.05, 4.69) is 0 Å². The van der Waals surface area contributed by atoms with Crippen molar-refractivity contribution in [1.82, 2.24) is 4.98 Å². The van der Waals surface area contributed by atoms with E-state index in [4.69, 9.17) is 12.2 Å². The summed E-state index contributed by atoms with van der Waals surface area (Å²) < 4.78 is 75.6. The van der Waals surface area contributed by atoms with Gasteiger partial charge >= 0.3 is 12.4 Å². The highest BCUT2D eigenvalue weighted by atomic mass is 32.1. The molecule has 19 heavy (non-hydrogen) atoms. The van der Waals surface area contributed by atoms with Gasteiger partial charge in [0, 0.05) is 9.90 Å². The minimum atomic E-state index is -4.79. The number of para-hydroxylation sites is 1. The molecule has 1 nitrogen and oxygen atoms in total. The summed E-state index contributed by atoms with van der Waals surface area (Å²) >= 11 is 4.71. The number of fused-ring (bicyclic) bond motifs is 1. The maximum atomic E-state index is 12.7. The third-order valence-electron chi connectivity index (χ3n) is 2.48. The summed E-state index contributed by atoms with van der Waals surface area (Å²) in [4.78, 5) is 1.77. The second-order valence-corrected chi connectivity index (χ2v) is 4.21. The molecule has 1 aromatic heterocycles. The van der Waals surface area contributed by atoms with E-state index in [1.165, 1.54) is 6.07 Å². The largest absolute Gasteiger partial charge is 0.431 e. The lowest BCUT2D eigenvalue weighted by Gasteiger charge is -2.13. The molecule has 0 saturated heterocycles. The second kappa shape index (κ2) is 4.22. The van der Waals surface area contributed by atoms with E-state index < -0.39 is 29.1 Å². The van der Waals surface area contributed by atoms with Gasteiger partial charge in [-0.3, -0.25) is 0 Å². The maximum Gasteiger partial charge on any atom is 0.431 e. The van der Waals surface area contributed by atoms with Gasteiger partial charge in [-0.25, -0.2) is 0 Å². The minimum Gasteiger partial charge on any atom is -0.350 e. The number of aromatic nitrogens is 1. The number of H-pyrrole nitrogens is 1. The van der Waals surface area contributed by atoms with Gasteiger partial charge in [0.2, 0.25) is 0 Å². The zero-order valence-corrected chi connectivity index (χ0v) is 9.80. The summed E-state index contributed by atoms with van der Waals surface area (Å²) in [6.07, 6.45) is -9.55. The highest BCUT2D eigenvalue weighted by Gasteiger charge is 2.36. The van der Waals surface area contributed by atoms with Crippen molar-refractivity contribution in [3.63, 3.8) is 0 Å². The standard InChI is InChI=1S/C11H5F6NS/c12-10(13,14)6-3-1-2-5-7(19)4-8(11(15,16)17)18-9(5)6/h1-4H,(H,18,19). The van der Waals surface area contributed by atoms with Crippen LogP contribution in [0.3, 0.4) is 0 Å². The van der Waals surface area contributed by atoms with Crippen LogP contribution in [0.25, 0.3) is 10.9 Å². The number of hydrogen-bond donors (Lipinski definition) is 1. The fraction of sp³-hybridized carbons (Fsp3) is 0.182. The number of pyridine rings is 1. The van der Waals surface area contributed by atoms with Crippen molar-refractivity contribution in [2.24, 2.45) is 0 Å². The third kappa shape index (κ3) is 2.58. The number of rotatable bonds is 0. The van der Waals surface area contributed by atoms with Crippen molar-refractivity contribution < 1.29 is 26.3 Å². The normalized spacial score (nSPS) is 12.9. The highest BCUT2D eigenvalue weighted by molar-refractivity contribution is 7.71. The van der Waals surface area contributed by atoms with Gasteiger partial charge in [-0.15, -0.1) is 0 Å². The Morgan fingerprint density at radius 1 is 0.947 bits per heavy atom. The molecule has 0 aliphatic rings. The van der Waals surface area contributed by atoms with Crippen LogP contribution in [0, 0.1) is 4.51 Å². The number of benzene rings is 1. The predicted octanol–water partition coefficient (Wildman–Crippen LogP) is 4.93. The molecule has 1 heterocycles. The maximum absolute atomic E-state index is 12.7. The molecule has 0 unspecified atom stereocenters. The molecule has 0 atom stereocenters. The first-order valence-electron chi connectivity index (χ1n) is 4.91. The lowest BCUT2D eigenvalue weighted by molar-refractivity contribution is -0.142. The van der Waals surface area contributed by atoms with Crippen LogP contribution in [0.15, 0.2) is 24.3 Å². The average molecular weight is 297 g/mol. The van der Waals surface area contributed by atoms with E-state index in [-0.39, 0.29) is 9.90 Å². The summed E-state index contributed by atoms with van der Waals surface area (Å²) in [5.41, 5.74) is -3.14. The Labute approximate surface area is 107 Å². The van der Waals surface area contributed by atoms with Crippen molar-refractivity contribution >= 4 is 23.1 Å². The van der Waals surface area contributed by atoms with Gasteiger partial charge in [0.25, 0.3) is 0 Å². The van der Waals surface area contributed by atoms with Gasteiger partial charge in [0.1, 0.15) is 5.69 Å². The van der Waals surface area contributed by atoms with Crippen LogP contribution in [-0.4, -0.2) is 4.98 Å². The lowest BCUT2D eigenvalue weighted by atomic mass is 10.1. The first-order valence-corrected chi connectivity index (χ1v) is 5.32. The molecule has 2 rings (SSSR count). The van der Waals surface area contributed by atoms with Crippen LogP contribution < -0.4 is 0 Å². The van der Waals surface area contributed by atoms with E-state index >= 15 is 0 Å². The number of hydrogen-bond acceptors (Lipinski definition) is 1. The molecule has 2 aromatic rings. The molecular formula is C11H5F6NS. The molecule has 0 aliphatic heterocycles. The van der Waals surface area contributed by atoms with Crippen molar-refractivity contribution in [1.29, 1.82) is 0 Å². The van der Waals surface area contributed by atoms with Gasteiger partial charge in [0.05, 0.1) is 11.1 Å². The topological polar surface area (TPSA) is 15.8 Å². The highest BCUT2D eigenvalue weighted by Crippen LogP contribution is 2.36. The van der Waals surface area contributed by atoms with Crippen LogP contribution >= 0.6 is 12.2 Å². The summed E-state index contributed by atoms with van der Waals surface area (Å²) in [5.74, 6) is 0. The van der Waals surface area contributed by atoms with Crippen molar-refractivity contribution in [3.8, 4) is 0 Å². The molecule has 0 spiro atoms. The second-order valence-electron chi connectivity index (χ2n) is 3.77. The lowest BCUT2D eigenvalue weighted by Crippen LogP contribution is -2.11. The van der Waals surface area contributed by atoms with Gasteiger partial charge in [-0.2, -0.15) is 26.3 Å². The van der Waals surface area contributed by atoms with Crippen LogP contribution in [-0.2, 0) is 12.4 Å². The number of nitrogens with one attached hydrogen (secondary N) is 1. The molecular weight excluding hydrogens is 292 g/mol. The quantitative estimate of drug-likeness (QED) is 0.538. The van der Waals surface area contributed by atoms with Crippen LogP contribution in [0.1, 0.15) is 11.3 Å². The molecule has 0 fully saturated rings. The monoisotopic (exact) mass is 297 g/mol. The average Bonchev–Trinajstić information content (AvgIpc) is 2.25. The number of halogens is 6. The van der Waals surface area contributed by atoms with Crippen LogP contribution in [0.5, 0.6) is 0 Å². The summed E-state index contributed by atoms with van der Waals surface area (Å²) in [7, 11) is 0. The molecule has 1 N–H and O–H groups in total. The molecule has 0 aliphatic carbocycles. The summed E-state index contributed by atoms with van der Waals surface area (Å²) in [6.45, 7) is 0. The molecule has 0 saturated carbocycles. The fourth-order valence-corrected chi connectivity index (χ4v) is 1.95. The first-order chi connectivity index (χ1) is 8.60. The van der Waals surface area contributed by atoms with Crippen LogP contribution in [0.4, 0.5) is 26.3 Å². The Morgan fingerprint density at radius 3 is 2.11 bits per heavy atom. The van der Waals surface area contributed by atoms with Crippen molar-refractivity contribution in [2.75, 3.05) is 0 Å². The molecule has 8 heteroatoms. The Bertz CT molecular complexity index is 682. The van der Waals surface area contributed by atoms with E-state index in [1.54, 1.807) is 4.98 Å². The van der Waals surface area contributed by atoms with E-state index in [1.807, 2.05) is 0 Å². The van der Waals surface area contributed by atoms with E-state index in [0.717, 1.165) is 6.07 Å².